The summed E-state index contributed by atoms with van der Waals surface area (Å²) >= 11 is 0. The van der Waals surface area contributed by atoms with Gasteiger partial charge in [0.1, 0.15) is 22.3 Å². The van der Waals surface area contributed by atoms with E-state index in [1.165, 1.54) is 71.3 Å². The van der Waals surface area contributed by atoms with Crippen LogP contribution in [0.15, 0.2) is 203 Å². The van der Waals surface area contributed by atoms with E-state index in [2.05, 4.69) is 200 Å². The minimum Gasteiger partial charge on any atom is -0.456 e. The summed E-state index contributed by atoms with van der Waals surface area (Å²) in [5, 5.41) is 11.8. The Morgan fingerprint density at radius 2 is 0.871 bits per heavy atom. The number of hydrogen-bond acceptors (Lipinski definition) is 2. The van der Waals surface area contributed by atoms with Crippen LogP contribution >= 0.6 is 0 Å². The molecular weight excluding hydrogens is 753 g/mol. The molecule has 2 aliphatic heterocycles. The second-order valence-corrected chi connectivity index (χ2v) is 17.1. The van der Waals surface area contributed by atoms with Crippen molar-refractivity contribution in [1.29, 1.82) is 0 Å². The average Bonchev–Trinajstić information content (AvgIpc) is 3.34. The maximum Gasteiger partial charge on any atom is 0.143 e. The van der Waals surface area contributed by atoms with E-state index < -0.39 is 0 Å². The van der Waals surface area contributed by atoms with Gasteiger partial charge in [-0.2, -0.15) is 0 Å². The molecule has 62 heavy (non-hydrogen) atoms. The van der Waals surface area contributed by atoms with Gasteiger partial charge in [-0.1, -0.05) is 146 Å². The van der Waals surface area contributed by atoms with E-state index in [4.69, 9.17) is 8.83 Å². The van der Waals surface area contributed by atoms with Crippen LogP contribution in [0.1, 0.15) is 22.6 Å². The topological polar surface area (TPSA) is 26.3 Å². The lowest BCUT2D eigenvalue weighted by molar-refractivity contribution is 0.639. The van der Waals surface area contributed by atoms with Gasteiger partial charge in [-0.15, -0.1) is 0 Å². The predicted octanol–water partition coefficient (Wildman–Crippen LogP) is 16.8. The summed E-state index contributed by atoms with van der Waals surface area (Å²) in [4.78, 5) is 0. The number of allylic oxidation sites excluding steroid dienone is 1. The van der Waals surface area contributed by atoms with Crippen molar-refractivity contribution >= 4 is 82.3 Å². The zero-order valence-corrected chi connectivity index (χ0v) is 33.7. The Bertz CT molecular complexity index is 3970. The highest BCUT2D eigenvalue weighted by atomic mass is 16.3. The largest absolute Gasteiger partial charge is 0.456 e. The average molecular weight is 789 g/mol. The van der Waals surface area contributed by atoms with E-state index in [0.717, 1.165) is 72.6 Å². The molecule has 2 heterocycles. The normalized spacial score (nSPS) is 14.2. The van der Waals surface area contributed by atoms with Crippen molar-refractivity contribution in [3.05, 3.63) is 211 Å². The smallest absolute Gasteiger partial charge is 0.143 e. The van der Waals surface area contributed by atoms with Crippen molar-refractivity contribution in [2.45, 2.75) is 12.3 Å². The molecule has 3 aliphatic rings. The zero-order chi connectivity index (χ0) is 40.5. The molecule has 2 heteroatoms. The quantitative estimate of drug-likeness (QED) is 0.131. The van der Waals surface area contributed by atoms with Crippen LogP contribution in [-0.4, -0.2) is 0 Å². The maximum absolute atomic E-state index is 7.39. The van der Waals surface area contributed by atoms with Gasteiger partial charge in [0, 0.05) is 38.9 Å². The fourth-order valence-electron chi connectivity index (χ4n) is 10.7. The molecule has 0 fully saturated rings. The third-order valence-electron chi connectivity index (χ3n) is 13.7. The molecule has 0 bridgehead atoms. The summed E-state index contributed by atoms with van der Waals surface area (Å²) in [5.41, 5.74) is 16.5. The van der Waals surface area contributed by atoms with Crippen molar-refractivity contribution < 1.29 is 8.83 Å². The van der Waals surface area contributed by atoms with E-state index in [1.807, 2.05) is 0 Å². The van der Waals surface area contributed by atoms with Gasteiger partial charge < -0.3 is 8.83 Å². The lowest BCUT2D eigenvalue weighted by Gasteiger charge is -2.26. The molecule has 0 aromatic heterocycles. The van der Waals surface area contributed by atoms with E-state index in [1.54, 1.807) is 0 Å². The molecule has 0 spiro atoms. The van der Waals surface area contributed by atoms with Crippen LogP contribution in [-0.2, 0) is 6.42 Å². The molecule has 0 amide bonds. The second kappa shape index (κ2) is 12.8. The SMILES string of the molecule is C1=CC(c2cc(-c3ccc4ccccc4c3)c3ccc4oc5c(-c6ccc7ccccc7c6)cc(-c6ccc7ccccc7c6)c6ccc7oc2c3c4-c7c65)Cc2ccccc21. The van der Waals surface area contributed by atoms with Crippen LogP contribution in [0, 0.1) is 0 Å². The molecule has 0 saturated carbocycles. The molecule has 11 aromatic carbocycles. The summed E-state index contributed by atoms with van der Waals surface area (Å²) in [6, 6.07) is 68.8. The Hall–Kier alpha value is -7.94. The first kappa shape index (κ1) is 33.8. The molecule has 0 saturated heterocycles. The number of benzene rings is 11. The van der Waals surface area contributed by atoms with Gasteiger partial charge in [0.25, 0.3) is 0 Å². The van der Waals surface area contributed by atoms with Crippen LogP contribution < -0.4 is 0 Å². The molecule has 1 unspecified atom stereocenters. The highest BCUT2D eigenvalue weighted by molar-refractivity contribution is 6.28. The van der Waals surface area contributed by atoms with Crippen LogP contribution in [0.25, 0.3) is 127 Å². The molecule has 288 valence electrons. The van der Waals surface area contributed by atoms with Gasteiger partial charge in [-0.25, -0.2) is 0 Å². The first-order valence-corrected chi connectivity index (χ1v) is 21.6. The molecule has 2 nitrogen and oxygen atoms in total. The lowest BCUT2D eigenvalue weighted by Crippen LogP contribution is -2.07. The van der Waals surface area contributed by atoms with Gasteiger partial charge >= 0.3 is 0 Å². The van der Waals surface area contributed by atoms with Crippen molar-refractivity contribution in [3.63, 3.8) is 0 Å². The molecule has 1 atom stereocenters. The lowest BCUT2D eigenvalue weighted by atomic mass is 9.80. The molecule has 11 aromatic rings. The maximum atomic E-state index is 7.39. The van der Waals surface area contributed by atoms with E-state index in [0.29, 0.717) is 0 Å². The monoisotopic (exact) mass is 788 g/mol. The van der Waals surface area contributed by atoms with Gasteiger partial charge in [0.2, 0.25) is 0 Å². The summed E-state index contributed by atoms with van der Waals surface area (Å²) in [6.07, 6.45) is 5.56. The number of fused-ring (bicyclic) bond motifs is 4. The minimum absolute atomic E-state index is 0.125. The van der Waals surface area contributed by atoms with Crippen molar-refractivity contribution in [2.24, 2.45) is 0 Å². The highest BCUT2D eigenvalue weighted by Crippen LogP contribution is 2.54. The van der Waals surface area contributed by atoms with Gasteiger partial charge in [0.05, 0.1) is 0 Å². The molecule has 1 aliphatic carbocycles. The van der Waals surface area contributed by atoms with Crippen LogP contribution in [0.5, 0.6) is 0 Å². The van der Waals surface area contributed by atoms with Crippen molar-refractivity contribution in [3.8, 4) is 44.5 Å². The molecule has 0 N–H and O–H groups in total. The van der Waals surface area contributed by atoms with E-state index in [-0.39, 0.29) is 5.92 Å². The highest BCUT2D eigenvalue weighted by Gasteiger charge is 2.31. The summed E-state index contributed by atoms with van der Waals surface area (Å²) in [6.45, 7) is 0. The third kappa shape index (κ3) is 4.92. The predicted molar refractivity (Wildman–Crippen MR) is 260 cm³/mol. The fraction of sp³-hybridized carbons (Fsp3) is 0.0333. The first-order valence-electron chi connectivity index (χ1n) is 21.6. The zero-order valence-electron chi connectivity index (χ0n) is 33.7. The molecular formula is C60H36O2. The molecule has 0 radical (unpaired) electrons. The van der Waals surface area contributed by atoms with Crippen LogP contribution in [0.2, 0.25) is 0 Å². The number of rotatable bonds is 4. The van der Waals surface area contributed by atoms with Crippen LogP contribution in [0.3, 0.4) is 0 Å². The van der Waals surface area contributed by atoms with Crippen LogP contribution in [0.4, 0.5) is 0 Å². The summed E-state index contributed by atoms with van der Waals surface area (Å²) < 4.78 is 14.8. The second-order valence-electron chi connectivity index (χ2n) is 17.1. The number of hydrogen-bond donors (Lipinski definition) is 0. The van der Waals surface area contributed by atoms with Crippen molar-refractivity contribution in [1.82, 2.24) is 0 Å². The van der Waals surface area contributed by atoms with Crippen molar-refractivity contribution in [2.75, 3.05) is 0 Å². The van der Waals surface area contributed by atoms with Gasteiger partial charge in [0.15, 0.2) is 0 Å². The van der Waals surface area contributed by atoms with Gasteiger partial charge in [-0.05, 0) is 143 Å². The van der Waals surface area contributed by atoms with Gasteiger partial charge in [-0.3, -0.25) is 0 Å². The minimum atomic E-state index is 0.125. The Morgan fingerprint density at radius 1 is 0.387 bits per heavy atom. The summed E-state index contributed by atoms with van der Waals surface area (Å²) in [5.74, 6) is 0.125. The molecule has 14 rings (SSSR count). The Balaban J connectivity index is 1.11. The Labute approximate surface area is 357 Å². The van der Waals surface area contributed by atoms with E-state index >= 15 is 0 Å². The first-order chi connectivity index (χ1) is 30.7. The fourth-order valence-corrected chi connectivity index (χ4v) is 10.7. The van der Waals surface area contributed by atoms with E-state index in [9.17, 15) is 0 Å². The Morgan fingerprint density at radius 3 is 1.47 bits per heavy atom. The third-order valence-corrected chi connectivity index (χ3v) is 13.7. The summed E-state index contributed by atoms with van der Waals surface area (Å²) in [7, 11) is 0. The Kier molecular flexibility index (Phi) is 6.98. The standard InChI is InChI=1S/C60H36O2/c1-5-13-39-29-43(21-17-35(39)9-1)49-33-51(45-23-19-37-11-3-7-15-41(37)31-45)59-55-47(49)25-27-53-57(55)58-54(61-59)28-26-48-50(44-22-18-36-10-2-6-14-40(36)30-44)34-52(60(62-53)56(48)58)46-24-20-38-12-4-8-16-42(38)32-46/h1-31,33-34,46H,32H2.